The molecule has 2 fully saturated rings. The lowest BCUT2D eigenvalue weighted by Crippen LogP contribution is -2.67. The minimum Gasteiger partial charge on any atom is -0.438 e. The van der Waals surface area contributed by atoms with Gasteiger partial charge in [0.15, 0.2) is 6.39 Å². The molecule has 7 nitrogen and oxygen atoms in total. The van der Waals surface area contributed by atoms with Crippen LogP contribution in [0.25, 0.3) is 0 Å². The summed E-state index contributed by atoms with van der Waals surface area (Å²) in [6, 6.07) is 9.89. The number of carbonyl (C=O) groups excluding carboxylic acids is 2. The van der Waals surface area contributed by atoms with E-state index in [1.807, 2.05) is 37.4 Å². The maximum atomic E-state index is 12.6. The first kappa shape index (κ1) is 15.8. The third-order valence-electron chi connectivity index (χ3n) is 5.27. The summed E-state index contributed by atoms with van der Waals surface area (Å²) >= 11 is 0. The van der Waals surface area contributed by atoms with E-state index in [-0.39, 0.29) is 30.3 Å². The molecule has 4 rings (SSSR count). The number of fused-ring (bicyclic) bond motifs is 1. The number of aromatic nitrogens is 1. The Bertz CT molecular complexity index is 777. The standard InChI is InChI=1S/C18H19N3O4/c1-20-16(22)11-24-15-10-21(17(23)14-9-19-12-25-14)8-7-18(15,20)13-5-3-2-4-6-13/h2-6,9,12,15H,7-8,10-11H2,1H3/t15-,18+/m1/s1. The molecule has 2 aliphatic heterocycles. The first-order chi connectivity index (χ1) is 12.1. The zero-order valence-electron chi connectivity index (χ0n) is 13.9. The molecule has 0 bridgehead atoms. The molecule has 7 heteroatoms. The van der Waals surface area contributed by atoms with Crippen LogP contribution in [0.4, 0.5) is 0 Å². The Morgan fingerprint density at radius 3 is 2.84 bits per heavy atom. The van der Waals surface area contributed by atoms with Crippen LogP contribution in [0.3, 0.4) is 0 Å². The molecule has 2 amide bonds. The maximum absolute atomic E-state index is 12.6. The van der Waals surface area contributed by atoms with Crippen molar-refractivity contribution in [2.75, 3.05) is 26.7 Å². The highest BCUT2D eigenvalue weighted by Gasteiger charge is 2.53. The van der Waals surface area contributed by atoms with E-state index in [1.54, 1.807) is 9.80 Å². The fourth-order valence-electron chi connectivity index (χ4n) is 3.89. The summed E-state index contributed by atoms with van der Waals surface area (Å²) in [6.45, 7) is 0.929. The van der Waals surface area contributed by atoms with E-state index < -0.39 is 5.54 Å². The van der Waals surface area contributed by atoms with Gasteiger partial charge in [0, 0.05) is 20.1 Å². The number of oxazole rings is 1. The monoisotopic (exact) mass is 341 g/mol. The molecule has 2 aromatic rings. The average molecular weight is 341 g/mol. The number of morpholine rings is 1. The van der Waals surface area contributed by atoms with E-state index in [0.29, 0.717) is 19.5 Å². The van der Waals surface area contributed by atoms with Gasteiger partial charge in [-0.1, -0.05) is 30.3 Å². The molecule has 130 valence electrons. The van der Waals surface area contributed by atoms with Crippen molar-refractivity contribution in [1.82, 2.24) is 14.8 Å². The van der Waals surface area contributed by atoms with E-state index >= 15 is 0 Å². The van der Waals surface area contributed by atoms with Crippen LogP contribution < -0.4 is 0 Å². The van der Waals surface area contributed by atoms with Crippen LogP contribution in [0.2, 0.25) is 0 Å². The van der Waals surface area contributed by atoms with Gasteiger partial charge in [0.1, 0.15) is 12.7 Å². The summed E-state index contributed by atoms with van der Waals surface area (Å²) in [4.78, 5) is 32.2. The van der Waals surface area contributed by atoms with Crippen LogP contribution in [0.15, 0.2) is 47.3 Å². The third kappa shape index (κ3) is 2.42. The number of amides is 2. The molecular weight excluding hydrogens is 322 g/mol. The summed E-state index contributed by atoms with van der Waals surface area (Å²) in [5.41, 5.74) is 0.469. The van der Waals surface area contributed by atoms with Crippen molar-refractivity contribution in [3.8, 4) is 0 Å². The summed E-state index contributed by atoms with van der Waals surface area (Å²) < 4.78 is 11.0. The second-order valence-corrected chi connectivity index (χ2v) is 6.41. The zero-order chi connectivity index (χ0) is 17.4. The number of rotatable bonds is 2. The zero-order valence-corrected chi connectivity index (χ0v) is 13.9. The number of nitrogens with zero attached hydrogens (tertiary/aromatic N) is 3. The number of carbonyl (C=O) groups is 2. The van der Waals surface area contributed by atoms with E-state index in [2.05, 4.69) is 4.98 Å². The Labute approximate surface area is 145 Å². The summed E-state index contributed by atoms with van der Waals surface area (Å²) in [5.74, 6) is -0.0371. The predicted molar refractivity (Wildman–Crippen MR) is 87.7 cm³/mol. The first-order valence-electron chi connectivity index (χ1n) is 8.24. The van der Waals surface area contributed by atoms with Crippen LogP contribution in [0, 0.1) is 0 Å². The van der Waals surface area contributed by atoms with Gasteiger partial charge < -0.3 is 19.0 Å². The first-order valence-corrected chi connectivity index (χ1v) is 8.24. The second-order valence-electron chi connectivity index (χ2n) is 6.41. The smallest absolute Gasteiger partial charge is 0.291 e. The van der Waals surface area contributed by atoms with Crippen molar-refractivity contribution in [3.05, 3.63) is 54.2 Å². The van der Waals surface area contributed by atoms with Crippen molar-refractivity contribution >= 4 is 11.8 Å². The van der Waals surface area contributed by atoms with Crippen LogP contribution in [0.1, 0.15) is 22.5 Å². The molecule has 2 saturated heterocycles. The SMILES string of the molecule is CN1C(=O)CO[C@@H]2CN(C(=O)c3cnco3)CC[C@]21c1ccccc1. The predicted octanol–water partition coefficient (Wildman–Crippen LogP) is 1.27. The highest BCUT2D eigenvalue weighted by molar-refractivity contribution is 5.91. The topological polar surface area (TPSA) is 75.9 Å². The van der Waals surface area contributed by atoms with Crippen molar-refractivity contribution in [2.24, 2.45) is 0 Å². The highest BCUT2D eigenvalue weighted by atomic mass is 16.5. The molecule has 3 heterocycles. The van der Waals surface area contributed by atoms with Gasteiger partial charge in [0.2, 0.25) is 11.7 Å². The van der Waals surface area contributed by atoms with Crippen molar-refractivity contribution in [1.29, 1.82) is 0 Å². The fraction of sp³-hybridized carbons (Fsp3) is 0.389. The molecular formula is C18H19N3O4. The van der Waals surface area contributed by atoms with Crippen LogP contribution in [-0.2, 0) is 15.1 Å². The lowest BCUT2D eigenvalue weighted by Gasteiger charge is -2.54. The lowest BCUT2D eigenvalue weighted by molar-refractivity contribution is -0.180. The molecule has 0 N–H and O–H groups in total. The number of hydrogen-bond acceptors (Lipinski definition) is 5. The Balaban J connectivity index is 1.67. The highest BCUT2D eigenvalue weighted by Crippen LogP contribution is 2.42. The summed E-state index contributed by atoms with van der Waals surface area (Å²) in [7, 11) is 1.82. The normalized spacial score (nSPS) is 26.4. The number of likely N-dealkylation sites (tertiary alicyclic amines) is 1. The molecule has 0 radical (unpaired) electrons. The molecule has 0 unspecified atom stereocenters. The maximum Gasteiger partial charge on any atom is 0.291 e. The minimum absolute atomic E-state index is 0.0279. The molecule has 0 aliphatic carbocycles. The Kier molecular flexibility index (Phi) is 3.80. The summed E-state index contributed by atoms with van der Waals surface area (Å²) in [6.07, 6.45) is 2.97. The number of hydrogen-bond donors (Lipinski definition) is 0. The minimum atomic E-state index is -0.561. The third-order valence-corrected chi connectivity index (χ3v) is 5.27. The number of ether oxygens (including phenoxy) is 1. The molecule has 0 saturated carbocycles. The molecule has 1 aromatic heterocycles. The largest absolute Gasteiger partial charge is 0.438 e. The number of benzene rings is 1. The van der Waals surface area contributed by atoms with Gasteiger partial charge in [-0.05, 0) is 12.0 Å². The molecule has 25 heavy (non-hydrogen) atoms. The van der Waals surface area contributed by atoms with E-state index in [1.165, 1.54) is 12.6 Å². The molecule has 2 aliphatic rings. The Morgan fingerprint density at radius 1 is 1.32 bits per heavy atom. The molecule has 0 spiro atoms. The van der Waals surface area contributed by atoms with Crippen LogP contribution in [-0.4, -0.2) is 59.4 Å². The Morgan fingerprint density at radius 2 is 2.12 bits per heavy atom. The van der Waals surface area contributed by atoms with Crippen LogP contribution >= 0.6 is 0 Å². The van der Waals surface area contributed by atoms with Gasteiger partial charge in [0.05, 0.1) is 11.7 Å². The fourth-order valence-corrected chi connectivity index (χ4v) is 3.89. The second kappa shape index (κ2) is 6.00. The molecule has 2 atom stereocenters. The van der Waals surface area contributed by atoms with Crippen molar-refractivity contribution in [2.45, 2.75) is 18.1 Å². The average Bonchev–Trinajstić information content (AvgIpc) is 3.19. The lowest BCUT2D eigenvalue weighted by atomic mass is 9.76. The van der Waals surface area contributed by atoms with Gasteiger partial charge in [-0.2, -0.15) is 0 Å². The van der Waals surface area contributed by atoms with Gasteiger partial charge in [-0.3, -0.25) is 9.59 Å². The van der Waals surface area contributed by atoms with E-state index in [9.17, 15) is 9.59 Å². The van der Waals surface area contributed by atoms with Gasteiger partial charge >= 0.3 is 0 Å². The van der Waals surface area contributed by atoms with Crippen LogP contribution in [0.5, 0.6) is 0 Å². The Hall–Kier alpha value is -2.67. The number of likely N-dealkylation sites (N-methyl/N-ethyl adjacent to an activating group) is 1. The van der Waals surface area contributed by atoms with E-state index in [4.69, 9.17) is 9.15 Å². The van der Waals surface area contributed by atoms with Crippen molar-refractivity contribution in [3.63, 3.8) is 0 Å². The van der Waals surface area contributed by atoms with Gasteiger partial charge in [-0.25, -0.2) is 4.98 Å². The number of piperidine rings is 1. The van der Waals surface area contributed by atoms with Gasteiger partial charge in [0.25, 0.3) is 5.91 Å². The van der Waals surface area contributed by atoms with E-state index in [0.717, 1.165) is 5.56 Å². The van der Waals surface area contributed by atoms with Gasteiger partial charge in [-0.15, -0.1) is 0 Å². The quantitative estimate of drug-likeness (QED) is 0.822. The molecule has 1 aromatic carbocycles. The van der Waals surface area contributed by atoms with Crippen molar-refractivity contribution < 1.29 is 18.7 Å². The summed E-state index contributed by atoms with van der Waals surface area (Å²) in [5, 5.41) is 0.